The van der Waals surface area contributed by atoms with Gasteiger partial charge in [0.05, 0.1) is 25.3 Å². The van der Waals surface area contributed by atoms with E-state index in [1.807, 2.05) is 0 Å². The molecule has 0 unspecified atom stereocenters. The molecular formula is C49H73N9O13. The summed E-state index contributed by atoms with van der Waals surface area (Å²) in [6, 6.07) is 4.50. The zero-order valence-electron chi connectivity index (χ0n) is 41.5. The molecule has 1 aliphatic rings. The lowest BCUT2D eigenvalue weighted by Crippen LogP contribution is -2.61. The van der Waals surface area contributed by atoms with Crippen LogP contribution in [-0.4, -0.2) is 153 Å². The number of phenols is 1. The number of carbonyl (C=O) groups is 9. The third-order valence-corrected chi connectivity index (χ3v) is 12.1. The molecule has 13 N–H and O–H groups in total. The Labute approximate surface area is 414 Å². The third kappa shape index (κ3) is 18.2. The quantitative estimate of drug-likeness (QED) is 0.0497. The predicted molar refractivity (Wildman–Crippen MR) is 259 cm³/mol. The van der Waals surface area contributed by atoms with Gasteiger partial charge in [-0.25, -0.2) is 4.79 Å². The molecule has 8 amide bonds. The number of rotatable bonds is 27. The fourth-order valence-corrected chi connectivity index (χ4v) is 7.87. The summed E-state index contributed by atoms with van der Waals surface area (Å²) in [7, 11) is 0. The van der Waals surface area contributed by atoms with Crippen molar-refractivity contribution in [3.8, 4) is 5.75 Å². The fourth-order valence-electron chi connectivity index (χ4n) is 7.87. The van der Waals surface area contributed by atoms with Gasteiger partial charge in [-0.15, -0.1) is 0 Å². The molecule has 0 aromatic heterocycles. The smallest absolute Gasteiger partial charge is 0.326 e. The van der Waals surface area contributed by atoms with Gasteiger partial charge < -0.3 is 68.3 Å². The maximum atomic E-state index is 14.0. The minimum absolute atomic E-state index is 0.0347. The summed E-state index contributed by atoms with van der Waals surface area (Å²) in [5, 5.41) is 57.9. The van der Waals surface area contributed by atoms with E-state index in [1.54, 1.807) is 84.0 Å². The van der Waals surface area contributed by atoms with Crippen LogP contribution < -0.4 is 43.0 Å². The molecule has 10 atom stereocenters. The van der Waals surface area contributed by atoms with Crippen LogP contribution in [0.5, 0.6) is 5.75 Å². The van der Waals surface area contributed by atoms with Gasteiger partial charge in [0.1, 0.15) is 48.0 Å². The summed E-state index contributed by atoms with van der Waals surface area (Å²) in [6.45, 7) is 10.1. The van der Waals surface area contributed by atoms with Crippen molar-refractivity contribution in [2.24, 2.45) is 23.5 Å². The lowest BCUT2D eigenvalue weighted by atomic mass is 9.96. The number of aliphatic hydroxyl groups is 2. The summed E-state index contributed by atoms with van der Waals surface area (Å²) in [5.74, 6) is -8.99. The van der Waals surface area contributed by atoms with Gasteiger partial charge in [-0.05, 0) is 73.6 Å². The van der Waals surface area contributed by atoms with Crippen LogP contribution >= 0.6 is 0 Å². The number of amides is 8. The predicted octanol–water partition coefficient (Wildman–Crippen LogP) is -1.27. The van der Waals surface area contributed by atoms with Crippen LogP contribution in [0.3, 0.4) is 0 Å². The number of hydrogen-bond donors (Lipinski definition) is 12. The second-order valence-corrected chi connectivity index (χ2v) is 18.8. The Kier molecular flexibility index (Phi) is 23.4. The molecule has 0 saturated carbocycles. The van der Waals surface area contributed by atoms with Crippen molar-refractivity contribution >= 4 is 53.2 Å². The number of carboxylic acid groups (broad SMARTS) is 1. The number of benzene rings is 2. The van der Waals surface area contributed by atoms with Crippen molar-refractivity contribution in [2.75, 3.05) is 19.7 Å². The summed E-state index contributed by atoms with van der Waals surface area (Å²) < 4.78 is 0. The van der Waals surface area contributed by atoms with Gasteiger partial charge in [0.15, 0.2) is 0 Å². The molecule has 2 aromatic carbocycles. The zero-order chi connectivity index (χ0) is 53.1. The molecule has 2 aromatic rings. The number of aromatic hydroxyl groups is 1. The van der Waals surface area contributed by atoms with E-state index in [0.29, 0.717) is 18.4 Å². The third-order valence-electron chi connectivity index (χ3n) is 12.1. The highest BCUT2D eigenvalue weighted by atomic mass is 16.4. The maximum absolute atomic E-state index is 14.0. The van der Waals surface area contributed by atoms with Gasteiger partial charge in [-0.1, -0.05) is 90.4 Å². The number of nitrogens with two attached hydrogens (primary N) is 1. The number of phenolic OH excluding ortho intramolecular Hbond substituents is 1. The van der Waals surface area contributed by atoms with Crippen molar-refractivity contribution in [1.82, 2.24) is 42.1 Å². The molecule has 71 heavy (non-hydrogen) atoms. The number of aliphatic hydroxyl groups excluding tert-OH is 2. The van der Waals surface area contributed by atoms with Crippen LogP contribution in [0, 0.1) is 17.8 Å². The Morgan fingerprint density at radius 3 is 1.80 bits per heavy atom. The van der Waals surface area contributed by atoms with Crippen LogP contribution in [-0.2, 0) is 56.0 Å². The molecule has 1 fully saturated rings. The Bertz CT molecular complexity index is 2140. The van der Waals surface area contributed by atoms with E-state index in [1.165, 1.54) is 24.0 Å². The van der Waals surface area contributed by atoms with Crippen LogP contribution in [0.2, 0.25) is 0 Å². The molecule has 1 saturated heterocycles. The van der Waals surface area contributed by atoms with E-state index in [9.17, 15) is 63.6 Å². The Morgan fingerprint density at radius 2 is 1.24 bits per heavy atom. The number of nitrogens with one attached hydrogen (secondary N) is 7. The minimum Gasteiger partial charge on any atom is -0.508 e. The van der Waals surface area contributed by atoms with Crippen molar-refractivity contribution in [2.45, 2.75) is 141 Å². The number of aliphatic carboxylic acids is 1. The van der Waals surface area contributed by atoms with E-state index in [-0.39, 0.29) is 43.9 Å². The number of hydrogen-bond acceptors (Lipinski definition) is 13. The molecule has 1 heterocycles. The van der Waals surface area contributed by atoms with E-state index in [2.05, 4.69) is 37.2 Å². The maximum Gasteiger partial charge on any atom is 0.326 e. The topological polar surface area (TPSA) is 348 Å². The second kappa shape index (κ2) is 28.3. The van der Waals surface area contributed by atoms with E-state index in [0.717, 1.165) is 5.56 Å². The van der Waals surface area contributed by atoms with Crippen LogP contribution in [0.15, 0.2) is 54.6 Å². The molecular weight excluding hydrogens is 923 g/mol. The fraction of sp³-hybridized carbons (Fsp3) is 0.571. The first-order chi connectivity index (χ1) is 33.5. The first-order valence-corrected chi connectivity index (χ1v) is 24.0. The zero-order valence-corrected chi connectivity index (χ0v) is 41.5. The standard InChI is InChI=1S/C49H73N9O13/c1-8-28(6)40(57-44(65)36(25-59)54-42(63)33(50)22-30-13-10-9-11-14-30)46(67)56-39(27(4)5)45(66)51-24-38(62)55-41(29(7)60)47(68)52-34(21-26(2)3)43(64)53-35(23-31-16-18-32(61)19-17-31)48(69)58-20-12-15-37(58)49(70)71/h9-11,13-14,16-19,26-29,33-37,39-41,59-61H,8,12,15,20-25,50H2,1-7H3,(H,51,66)(H,52,68)(H,53,64)(H,54,63)(H,55,62)(H,56,67)(H,57,65)(H,70,71)/t28-,29+,33-,34-,35-,36-,37-,39-,40-,41-/m0/s1. The summed E-state index contributed by atoms with van der Waals surface area (Å²) in [6.07, 6.45) is -0.344. The average molecular weight is 996 g/mol. The first kappa shape index (κ1) is 58.7. The number of likely N-dealkylation sites (tertiary alicyclic amines) is 1. The SMILES string of the molecule is CC[C@H](C)[C@H](NC(=O)[C@H](CO)NC(=O)[C@@H](N)Cc1ccccc1)C(=O)N[C@H](C(=O)NCC(=O)N[C@H](C(=O)N[C@@H](CC(C)C)C(=O)N[C@@H](Cc1ccc(O)cc1)C(=O)N1CCC[C@H]1C(=O)O)[C@@H](C)O)C(C)C. The van der Waals surface area contributed by atoms with Gasteiger partial charge in [-0.3, -0.25) is 38.4 Å². The van der Waals surface area contributed by atoms with Gasteiger partial charge in [0, 0.05) is 13.0 Å². The normalized spacial score (nSPS) is 17.2. The second-order valence-electron chi connectivity index (χ2n) is 18.8. The largest absolute Gasteiger partial charge is 0.508 e. The van der Waals surface area contributed by atoms with Crippen LogP contribution in [0.4, 0.5) is 0 Å². The average Bonchev–Trinajstić information content (AvgIpc) is 3.83. The molecule has 392 valence electrons. The number of carbonyl (C=O) groups excluding carboxylic acids is 8. The highest BCUT2D eigenvalue weighted by molar-refractivity contribution is 5.97. The highest BCUT2D eigenvalue weighted by Gasteiger charge is 2.40. The van der Waals surface area contributed by atoms with Gasteiger partial charge in [0.25, 0.3) is 0 Å². The Morgan fingerprint density at radius 1 is 0.676 bits per heavy atom. The Balaban J connectivity index is 1.68. The van der Waals surface area contributed by atoms with Crippen molar-refractivity contribution in [3.05, 3.63) is 65.7 Å². The van der Waals surface area contributed by atoms with Crippen molar-refractivity contribution < 1.29 is 63.6 Å². The highest BCUT2D eigenvalue weighted by Crippen LogP contribution is 2.21. The van der Waals surface area contributed by atoms with E-state index < -0.39 is 133 Å². The summed E-state index contributed by atoms with van der Waals surface area (Å²) >= 11 is 0. The van der Waals surface area contributed by atoms with Crippen LogP contribution in [0.1, 0.15) is 85.3 Å². The molecule has 0 bridgehead atoms. The van der Waals surface area contributed by atoms with Crippen molar-refractivity contribution in [1.29, 1.82) is 0 Å². The number of nitrogens with zero attached hydrogens (tertiary/aromatic N) is 1. The summed E-state index contributed by atoms with van der Waals surface area (Å²) in [5.41, 5.74) is 7.38. The lowest BCUT2D eigenvalue weighted by Gasteiger charge is -2.30. The monoisotopic (exact) mass is 996 g/mol. The van der Waals surface area contributed by atoms with Gasteiger partial charge >= 0.3 is 5.97 Å². The van der Waals surface area contributed by atoms with E-state index >= 15 is 0 Å². The first-order valence-electron chi connectivity index (χ1n) is 24.0. The molecule has 0 aliphatic carbocycles. The molecule has 0 radical (unpaired) electrons. The lowest BCUT2D eigenvalue weighted by molar-refractivity contribution is -0.149. The van der Waals surface area contributed by atoms with Gasteiger partial charge in [-0.2, -0.15) is 0 Å². The molecule has 1 aliphatic heterocycles. The molecule has 3 rings (SSSR count). The molecule has 22 nitrogen and oxygen atoms in total. The summed E-state index contributed by atoms with van der Waals surface area (Å²) in [4.78, 5) is 122. The Hall–Kier alpha value is -6.65. The molecule has 0 spiro atoms. The van der Waals surface area contributed by atoms with Crippen LogP contribution in [0.25, 0.3) is 0 Å². The minimum atomic E-state index is -1.65. The van der Waals surface area contributed by atoms with E-state index in [4.69, 9.17) is 5.73 Å². The molecule has 22 heteroatoms. The van der Waals surface area contributed by atoms with Gasteiger partial charge in [0.2, 0.25) is 47.3 Å². The van der Waals surface area contributed by atoms with Crippen molar-refractivity contribution in [3.63, 3.8) is 0 Å². The number of carboxylic acids is 1.